The Kier molecular flexibility index (Phi) is 36.3. The van der Waals surface area contributed by atoms with E-state index in [-0.39, 0.29) is 19.4 Å². The van der Waals surface area contributed by atoms with Gasteiger partial charge in [-0.05, 0) is 70.6 Å². The number of carboxylic acid groups (broad SMARTS) is 1. The molecule has 0 aromatic rings. The van der Waals surface area contributed by atoms with Crippen molar-refractivity contribution >= 4 is 25.7 Å². The molecule has 0 spiro atoms. The van der Waals surface area contributed by atoms with E-state index in [1.807, 2.05) is 55.5 Å². The summed E-state index contributed by atoms with van der Waals surface area (Å²) >= 11 is 0. The van der Waals surface area contributed by atoms with Crippen molar-refractivity contribution in [1.82, 2.24) is 0 Å². The number of rotatable bonds is 38. The van der Waals surface area contributed by atoms with Crippen LogP contribution in [-0.2, 0) is 37.5 Å². The smallest absolute Gasteiger partial charge is 0.472 e. The molecule has 326 valence electrons. The zero-order chi connectivity index (χ0) is 42.2. The number of unbranched alkanes of at least 4 members (excludes halogenated alkanes) is 12. The Balaban J connectivity index is 4.55. The van der Waals surface area contributed by atoms with E-state index >= 15 is 0 Å². The highest BCUT2D eigenvalue weighted by Crippen LogP contribution is 2.43. The van der Waals surface area contributed by atoms with Gasteiger partial charge >= 0.3 is 25.7 Å². The monoisotopic (exact) mass is 823 g/mol. The first-order valence-corrected chi connectivity index (χ1v) is 22.6. The van der Waals surface area contributed by atoms with Gasteiger partial charge in [-0.2, -0.15) is 0 Å². The lowest BCUT2D eigenvalue weighted by Gasteiger charge is -2.20. The van der Waals surface area contributed by atoms with Crippen LogP contribution in [0.1, 0.15) is 149 Å². The number of phosphoric acid groups is 1. The second-order valence-corrected chi connectivity index (χ2v) is 15.4. The summed E-state index contributed by atoms with van der Waals surface area (Å²) in [5.74, 6) is -2.50. The molecule has 0 amide bonds. The maximum Gasteiger partial charge on any atom is 0.472 e. The number of aliphatic hydroxyl groups excluding tert-OH is 1. The number of phosphoric ester groups is 1. The Morgan fingerprint density at radius 2 is 1.19 bits per heavy atom. The number of nitrogens with two attached hydrogens (primary N) is 1. The molecule has 0 fully saturated rings. The molecule has 0 saturated heterocycles. The highest BCUT2D eigenvalue weighted by Gasteiger charge is 2.28. The predicted molar refractivity (Wildman–Crippen MR) is 227 cm³/mol. The van der Waals surface area contributed by atoms with Gasteiger partial charge in [0.15, 0.2) is 6.10 Å². The fraction of sp³-hybridized carbons (Fsp3) is 0.659. The number of aliphatic carboxylic acids is 1. The Bertz CT molecular complexity index is 1260. The molecule has 0 saturated carbocycles. The van der Waals surface area contributed by atoms with Gasteiger partial charge in [-0.1, -0.05) is 138 Å². The average molecular weight is 824 g/mol. The predicted octanol–water partition coefficient (Wildman–Crippen LogP) is 9.92. The third-order valence-corrected chi connectivity index (χ3v) is 9.46. The van der Waals surface area contributed by atoms with Gasteiger partial charge in [0, 0.05) is 12.8 Å². The van der Waals surface area contributed by atoms with Crippen LogP contribution in [0.5, 0.6) is 0 Å². The van der Waals surface area contributed by atoms with Crippen LogP contribution in [0.2, 0.25) is 0 Å². The van der Waals surface area contributed by atoms with Crippen LogP contribution in [0.3, 0.4) is 0 Å². The lowest BCUT2D eigenvalue weighted by Crippen LogP contribution is -2.34. The fourth-order valence-corrected chi connectivity index (χ4v) is 5.95. The summed E-state index contributed by atoms with van der Waals surface area (Å²) in [6.45, 7) is 2.47. The normalized spacial score (nSPS) is 15.0. The number of aliphatic hydroxyl groups is 1. The van der Waals surface area contributed by atoms with E-state index < -0.39 is 57.2 Å². The van der Waals surface area contributed by atoms with Crippen LogP contribution < -0.4 is 5.73 Å². The fourth-order valence-electron chi connectivity index (χ4n) is 5.17. The highest BCUT2D eigenvalue weighted by atomic mass is 31.2. The molecule has 0 aliphatic rings. The van der Waals surface area contributed by atoms with Gasteiger partial charge in [0.1, 0.15) is 12.6 Å². The molecule has 13 heteroatoms. The maximum atomic E-state index is 12.6. The second kappa shape index (κ2) is 38.4. The Labute approximate surface area is 343 Å². The van der Waals surface area contributed by atoms with Crippen LogP contribution in [0.25, 0.3) is 0 Å². The van der Waals surface area contributed by atoms with Crippen LogP contribution in [0.4, 0.5) is 0 Å². The highest BCUT2D eigenvalue weighted by molar-refractivity contribution is 7.47. The molecule has 0 heterocycles. The summed E-state index contributed by atoms with van der Waals surface area (Å²) in [4.78, 5) is 45.9. The molecular weight excluding hydrogens is 749 g/mol. The summed E-state index contributed by atoms with van der Waals surface area (Å²) in [6.07, 6.45) is 41.7. The zero-order valence-electron chi connectivity index (χ0n) is 34.8. The van der Waals surface area contributed by atoms with Crippen molar-refractivity contribution in [2.45, 2.75) is 167 Å². The van der Waals surface area contributed by atoms with Gasteiger partial charge in [-0.15, -0.1) is 0 Å². The SMILES string of the molecule is CC/C=C\C(O)C/C=C/C=C\C/C=C\C/C=C\CCCC(=O)O[C@H](COC(=O)CCCCCCC/C=C\CCCCCCCC)COP(=O)(O)OC[C@H](N)C(=O)O. The second-order valence-electron chi connectivity index (χ2n) is 13.9. The molecule has 0 radical (unpaired) electrons. The standard InChI is InChI=1S/C44H74NO11P/c1-3-5-7-8-9-10-11-12-13-14-18-21-24-27-30-34-42(47)53-36-40(37-54-57(51,52)55-38-41(45)44(49)50)56-43(48)35-31-28-25-22-19-16-15-17-20-23-26-29-33-39(46)32-6-4-2/h6,12-13,15-16,20,22-23,25-26,29,32,39-41,46H,3-5,7-11,14,17-19,21,24,27-28,30-31,33-38,45H2,1-2H3,(H,49,50)(H,51,52)/b13-12-,16-15-,23-20-,25-22-,29-26+,32-6-/t39?,40-,41+/m1/s1. The van der Waals surface area contributed by atoms with E-state index in [1.54, 1.807) is 6.08 Å². The lowest BCUT2D eigenvalue weighted by molar-refractivity contribution is -0.161. The van der Waals surface area contributed by atoms with E-state index in [0.29, 0.717) is 25.7 Å². The van der Waals surface area contributed by atoms with Crippen molar-refractivity contribution in [3.05, 3.63) is 72.9 Å². The number of hydrogen-bond donors (Lipinski definition) is 4. The first-order chi connectivity index (χ1) is 27.5. The third kappa shape index (κ3) is 38.2. The van der Waals surface area contributed by atoms with E-state index in [4.69, 9.17) is 24.8 Å². The summed E-state index contributed by atoms with van der Waals surface area (Å²) in [5.41, 5.74) is 5.32. The molecule has 0 aliphatic heterocycles. The van der Waals surface area contributed by atoms with Gasteiger partial charge in [-0.25, -0.2) is 4.57 Å². The molecule has 4 atom stereocenters. The molecule has 12 nitrogen and oxygen atoms in total. The molecule has 0 aromatic heterocycles. The topological polar surface area (TPSA) is 192 Å². The summed E-state index contributed by atoms with van der Waals surface area (Å²) in [7, 11) is -4.75. The Morgan fingerprint density at radius 1 is 0.649 bits per heavy atom. The molecule has 0 aliphatic carbocycles. The van der Waals surface area contributed by atoms with Crippen LogP contribution >= 0.6 is 7.82 Å². The zero-order valence-corrected chi connectivity index (χ0v) is 35.7. The average Bonchev–Trinajstić information content (AvgIpc) is 3.18. The van der Waals surface area contributed by atoms with Gasteiger partial charge in [0.25, 0.3) is 0 Å². The Hall–Kier alpha value is -3.12. The molecule has 0 rings (SSSR count). The van der Waals surface area contributed by atoms with Gasteiger partial charge in [-0.3, -0.25) is 23.4 Å². The maximum absolute atomic E-state index is 12.6. The first-order valence-electron chi connectivity index (χ1n) is 21.1. The van der Waals surface area contributed by atoms with Crippen LogP contribution in [-0.4, -0.2) is 71.1 Å². The van der Waals surface area contributed by atoms with E-state index in [2.05, 4.69) is 29.7 Å². The van der Waals surface area contributed by atoms with E-state index in [9.17, 15) is 28.9 Å². The number of ether oxygens (including phenoxy) is 2. The third-order valence-electron chi connectivity index (χ3n) is 8.51. The first kappa shape index (κ1) is 53.9. The quantitative estimate of drug-likeness (QED) is 0.0152. The Morgan fingerprint density at radius 3 is 1.86 bits per heavy atom. The molecular formula is C44H74NO11P. The van der Waals surface area contributed by atoms with Crippen molar-refractivity contribution in [3.8, 4) is 0 Å². The van der Waals surface area contributed by atoms with Crippen molar-refractivity contribution in [2.75, 3.05) is 19.8 Å². The minimum absolute atomic E-state index is 0.0600. The molecule has 5 N–H and O–H groups in total. The minimum Gasteiger partial charge on any atom is -0.480 e. The van der Waals surface area contributed by atoms with Gasteiger partial charge in [0.05, 0.1) is 19.3 Å². The van der Waals surface area contributed by atoms with Crippen LogP contribution in [0.15, 0.2) is 72.9 Å². The summed E-state index contributed by atoms with van der Waals surface area (Å²) in [6, 6.07) is -1.54. The summed E-state index contributed by atoms with van der Waals surface area (Å²) in [5, 5.41) is 18.6. The van der Waals surface area contributed by atoms with E-state index in [0.717, 1.165) is 57.8 Å². The van der Waals surface area contributed by atoms with Crippen molar-refractivity contribution in [1.29, 1.82) is 0 Å². The number of carbonyl (C=O) groups excluding carboxylic acids is 2. The molecule has 0 bridgehead atoms. The molecule has 0 aromatic carbocycles. The number of carboxylic acids is 1. The molecule has 57 heavy (non-hydrogen) atoms. The summed E-state index contributed by atoms with van der Waals surface area (Å²) < 4.78 is 32.6. The van der Waals surface area contributed by atoms with Crippen molar-refractivity contribution in [3.63, 3.8) is 0 Å². The largest absolute Gasteiger partial charge is 0.480 e. The van der Waals surface area contributed by atoms with E-state index in [1.165, 1.54) is 38.5 Å². The van der Waals surface area contributed by atoms with Gasteiger partial charge < -0.3 is 30.3 Å². The number of allylic oxidation sites excluding steroid dienone is 10. The van der Waals surface area contributed by atoms with Crippen molar-refractivity contribution in [2.24, 2.45) is 5.73 Å². The minimum atomic E-state index is -4.75. The number of esters is 2. The number of hydrogen-bond acceptors (Lipinski definition) is 10. The molecule has 2 unspecified atom stereocenters. The van der Waals surface area contributed by atoms with Gasteiger partial charge in [0.2, 0.25) is 0 Å². The lowest BCUT2D eigenvalue weighted by atomic mass is 10.1. The van der Waals surface area contributed by atoms with Crippen LogP contribution in [0, 0.1) is 0 Å². The van der Waals surface area contributed by atoms with Crippen molar-refractivity contribution < 1.29 is 52.6 Å². The number of carbonyl (C=O) groups is 3.